The summed E-state index contributed by atoms with van der Waals surface area (Å²) in [4.78, 5) is 11.8. The van der Waals surface area contributed by atoms with E-state index < -0.39 is 25.9 Å². The SMILES string of the molecule is CC(C)OP(=O)(OC(C)C)N(Cc1ccccc1)/C(CS)=C(\C#N)C(N)=O. The molecule has 0 aliphatic heterocycles. The highest BCUT2D eigenvalue weighted by molar-refractivity contribution is 7.80. The van der Waals surface area contributed by atoms with Crippen LogP contribution in [-0.2, 0) is 25.0 Å². The molecule has 27 heavy (non-hydrogen) atoms. The van der Waals surface area contributed by atoms with Crippen LogP contribution in [0.1, 0.15) is 33.3 Å². The highest BCUT2D eigenvalue weighted by Gasteiger charge is 2.39. The van der Waals surface area contributed by atoms with Crippen molar-refractivity contribution in [1.82, 2.24) is 4.67 Å². The normalized spacial score (nSPS) is 12.7. The second-order valence-corrected chi connectivity index (χ2v) is 8.43. The summed E-state index contributed by atoms with van der Waals surface area (Å²) in [6.07, 6.45) is -0.846. The molecule has 1 amide bonds. The number of nitrogens with zero attached hydrogens (tertiary/aromatic N) is 2. The zero-order valence-electron chi connectivity index (χ0n) is 16.0. The van der Waals surface area contributed by atoms with Crippen LogP contribution >= 0.6 is 20.4 Å². The van der Waals surface area contributed by atoms with Gasteiger partial charge in [0.2, 0.25) is 0 Å². The van der Waals surface area contributed by atoms with E-state index in [1.54, 1.807) is 33.8 Å². The minimum absolute atomic E-state index is 0.0500. The zero-order valence-corrected chi connectivity index (χ0v) is 17.7. The van der Waals surface area contributed by atoms with Crippen LogP contribution in [0.15, 0.2) is 41.6 Å². The predicted molar refractivity (Wildman–Crippen MR) is 108 cm³/mol. The Morgan fingerprint density at radius 2 is 1.74 bits per heavy atom. The smallest absolute Gasteiger partial charge is 0.365 e. The number of carbonyl (C=O) groups excluding carboxylic acids is 1. The van der Waals surface area contributed by atoms with Crippen LogP contribution in [0.5, 0.6) is 0 Å². The third-order valence-electron chi connectivity index (χ3n) is 3.27. The van der Waals surface area contributed by atoms with Crippen molar-refractivity contribution in [2.75, 3.05) is 5.75 Å². The molecule has 7 nitrogen and oxygen atoms in total. The molecule has 0 aromatic heterocycles. The number of hydrogen-bond acceptors (Lipinski definition) is 6. The Morgan fingerprint density at radius 3 is 2.11 bits per heavy atom. The molecule has 0 atom stereocenters. The maximum Gasteiger partial charge on any atom is 0.435 e. The Bertz CT molecular complexity index is 746. The van der Waals surface area contributed by atoms with Crippen LogP contribution < -0.4 is 5.73 Å². The summed E-state index contributed by atoms with van der Waals surface area (Å²) in [6.45, 7) is 6.98. The Balaban J connectivity index is 3.62. The van der Waals surface area contributed by atoms with Gasteiger partial charge in [-0.15, -0.1) is 0 Å². The van der Waals surface area contributed by atoms with Gasteiger partial charge < -0.3 is 5.73 Å². The molecule has 148 valence electrons. The molecule has 0 bridgehead atoms. The van der Waals surface area contributed by atoms with E-state index in [0.717, 1.165) is 5.56 Å². The number of carbonyl (C=O) groups is 1. The number of hydrogen-bond donors (Lipinski definition) is 2. The fraction of sp³-hybridized carbons (Fsp3) is 0.444. The first kappa shape index (κ1) is 23.3. The Morgan fingerprint density at radius 1 is 1.22 bits per heavy atom. The Hall–Kier alpha value is -1.78. The van der Waals surface area contributed by atoms with E-state index in [4.69, 9.17) is 14.8 Å². The fourth-order valence-electron chi connectivity index (χ4n) is 2.31. The molecule has 0 aliphatic carbocycles. The van der Waals surface area contributed by atoms with Gasteiger partial charge in [0.1, 0.15) is 11.6 Å². The Kier molecular flexibility index (Phi) is 9.07. The first-order chi connectivity index (χ1) is 12.6. The lowest BCUT2D eigenvalue weighted by Gasteiger charge is -2.35. The van der Waals surface area contributed by atoms with Gasteiger partial charge in [-0.3, -0.25) is 18.5 Å². The number of nitrogens with two attached hydrogens (primary N) is 1. The lowest BCUT2D eigenvalue weighted by atomic mass is 10.2. The van der Waals surface area contributed by atoms with Crippen molar-refractivity contribution in [3.63, 3.8) is 0 Å². The number of nitriles is 1. The molecule has 0 radical (unpaired) electrons. The van der Waals surface area contributed by atoms with Crippen molar-refractivity contribution in [2.45, 2.75) is 46.4 Å². The summed E-state index contributed by atoms with van der Waals surface area (Å²) in [6, 6.07) is 10.9. The van der Waals surface area contributed by atoms with Crippen molar-refractivity contribution < 1.29 is 18.4 Å². The molecule has 0 unspecified atom stereocenters. The lowest BCUT2D eigenvalue weighted by molar-refractivity contribution is -0.114. The summed E-state index contributed by atoms with van der Waals surface area (Å²) in [5.74, 6) is -0.980. The monoisotopic (exact) mass is 411 g/mol. The summed E-state index contributed by atoms with van der Waals surface area (Å²) >= 11 is 4.23. The maximum atomic E-state index is 13.7. The molecular formula is C18H26N3O4PS. The summed E-state index contributed by atoms with van der Waals surface area (Å²) in [5.41, 5.74) is 5.91. The van der Waals surface area contributed by atoms with E-state index >= 15 is 0 Å². The summed E-state index contributed by atoms with van der Waals surface area (Å²) in [5, 5.41) is 9.40. The minimum atomic E-state index is -3.92. The number of rotatable bonds is 10. The fourth-order valence-corrected chi connectivity index (χ4v) is 4.90. The number of thiol groups is 1. The molecule has 1 rings (SSSR count). The van der Waals surface area contributed by atoms with Crippen molar-refractivity contribution in [1.29, 1.82) is 5.26 Å². The first-order valence-electron chi connectivity index (χ1n) is 8.47. The average molecular weight is 411 g/mol. The Labute approximate surface area is 166 Å². The van der Waals surface area contributed by atoms with Gasteiger partial charge >= 0.3 is 7.75 Å². The van der Waals surface area contributed by atoms with Gasteiger partial charge in [0.05, 0.1) is 24.4 Å². The van der Waals surface area contributed by atoms with Gasteiger partial charge in [-0.2, -0.15) is 17.9 Å². The maximum absolute atomic E-state index is 13.7. The van der Waals surface area contributed by atoms with Crippen LogP contribution in [0.4, 0.5) is 0 Å². The van der Waals surface area contributed by atoms with Crippen molar-refractivity contribution in [2.24, 2.45) is 5.73 Å². The highest BCUT2D eigenvalue weighted by Crippen LogP contribution is 2.57. The molecule has 0 saturated carbocycles. The quantitative estimate of drug-likeness (QED) is 0.264. The van der Waals surface area contributed by atoms with Crippen LogP contribution in [-0.4, -0.2) is 28.5 Å². The van der Waals surface area contributed by atoms with E-state index in [-0.39, 0.29) is 23.6 Å². The first-order valence-corrected chi connectivity index (χ1v) is 10.6. The molecule has 0 saturated heterocycles. The lowest BCUT2D eigenvalue weighted by Crippen LogP contribution is -2.29. The predicted octanol–water partition coefficient (Wildman–Crippen LogP) is 3.64. The largest absolute Gasteiger partial charge is 0.435 e. The summed E-state index contributed by atoms with van der Waals surface area (Å²) in [7, 11) is -3.92. The third kappa shape index (κ3) is 6.71. The molecule has 1 aromatic rings. The van der Waals surface area contributed by atoms with E-state index in [1.807, 2.05) is 30.3 Å². The van der Waals surface area contributed by atoms with E-state index in [2.05, 4.69) is 12.6 Å². The second-order valence-electron chi connectivity index (χ2n) is 6.28. The van der Waals surface area contributed by atoms with Crippen LogP contribution in [0.25, 0.3) is 0 Å². The van der Waals surface area contributed by atoms with Crippen LogP contribution in [0.2, 0.25) is 0 Å². The van der Waals surface area contributed by atoms with E-state index in [1.165, 1.54) is 4.67 Å². The molecule has 9 heteroatoms. The van der Waals surface area contributed by atoms with Gasteiger partial charge in [0.25, 0.3) is 5.91 Å². The highest BCUT2D eigenvalue weighted by atomic mass is 32.1. The van der Waals surface area contributed by atoms with Gasteiger partial charge in [-0.05, 0) is 33.3 Å². The van der Waals surface area contributed by atoms with Crippen molar-refractivity contribution in [3.8, 4) is 6.07 Å². The molecule has 0 fully saturated rings. The third-order valence-corrected chi connectivity index (χ3v) is 5.92. The second kappa shape index (κ2) is 10.5. The number of amides is 1. The van der Waals surface area contributed by atoms with Crippen molar-refractivity contribution >= 4 is 26.3 Å². The zero-order chi connectivity index (χ0) is 20.6. The average Bonchev–Trinajstić information content (AvgIpc) is 2.56. The van der Waals surface area contributed by atoms with Gasteiger partial charge in [-0.25, -0.2) is 4.57 Å². The number of benzene rings is 1. The number of primary amides is 1. The molecule has 0 aliphatic rings. The minimum Gasteiger partial charge on any atom is -0.365 e. The van der Waals surface area contributed by atoms with E-state index in [9.17, 15) is 14.6 Å². The molecule has 0 heterocycles. The van der Waals surface area contributed by atoms with E-state index in [0.29, 0.717) is 0 Å². The van der Waals surface area contributed by atoms with Gasteiger partial charge in [0, 0.05) is 5.75 Å². The standard InChI is InChI=1S/C18H26N3O4PS/c1-13(2)24-26(23,25-14(3)4)21(11-15-8-6-5-7-9-15)17(12-27)16(10-19)18(20)22/h5-9,13-14,27H,11-12H2,1-4H3,(H2,20,22)/b17-16+. The van der Waals surface area contributed by atoms with Crippen LogP contribution in [0.3, 0.4) is 0 Å². The van der Waals surface area contributed by atoms with Gasteiger partial charge in [-0.1, -0.05) is 30.3 Å². The van der Waals surface area contributed by atoms with Crippen LogP contribution in [0, 0.1) is 11.3 Å². The summed E-state index contributed by atoms with van der Waals surface area (Å²) < 4.78 is 26.4. The molecule has 1 aromatic carbocycles. The molecule has 0 spiro atoms. The van der Waals surface area contributed by atoms with Gasteiger partial charge in [0.15, 0.2) is 0 Å². The molecular weight excluding hydrogens is 385 g/mol. The topological polar surface area (TPSA) is 106 Å². The van der Waals surface area contributed by atoms with Crippen molar-refractivity contribution in [3.05, 3.63) is 47.2 Å². The molecule has 2 N–H and O–H groups in total.